The number of hydrogen-bond donors (Lipinski definition) is 1. The molecule has 1 aliphatic rings. The molecule has 0 atom stereocenters. The Morgan fingerprint density at radius 1 is 1.29 bits per heavy atom. The first kappa shape index (κ1) is 14.7. The lowest BCUT2D eigenvalue weighted by Gasteiger charge is -2.10. The van der Waals surface area contributed by atoms with Crippen LogP contribution in [0.25, 0.3) is 5.69 Å². The van der Waals surface area contributed by atoms with E-state index in [1.54, 1.807) is 0 Å². The first-order valence-corrected chi connectivity index (χ1v) is 8.47. The van der Waals surface area contributed by atoms with Crippen molar-refractivity contribution in [2.24, 2.45) is 0 Å². The van der Waals surface area contributed by atoms with Gasteiger partial charge in [-0.2, -0.15) is 5.10 Å². The normalized spacial score (nSPS) is 14.6. The molecular formula is C16H21BrN4. The third-order valence-corrected chi connectivity index (χ3v) is 4.40. The number of aromatic nitrogens is 3. The summed E-state index contributed by atoms with van der Waals surface area (Å²) in [5, 5.41) is 8.14. The second kappa shape index (κ2) is 6.28. The summed E-state index contributed by atoms with van der Waals surface area (Å²) in [4.78, 5) is 4.57. The van der Waals surface area contributed by atoms with Gasteiger partial charge in [0.25, 0.3) is 0 Å². The number of nitrogens with zero attached hydrogens (tertiary/aromatic N) is 3. The van der Waals surface area contributed by atoms with Crippen LogP contribution in [0.1, 0.15) is 43.9 Å². The van der Waals surface area contributed by atoms with Gasteiger partial charge in [0.05, 0.1) is 5.69 Å². The maximum atomic E-state index is 4.60. The van der Waals surface area contributed by atoms with E-state index < -0.39 is 0 Å². The van der Waals surface area contributed by atoms with E-state index in [2.05, 4.69) is 63.4 Å². The van der Waals surface area contributed by atoms with Crippen molar-refractivity contribution in [3.63, 3.8) is 0 Å². The number of benzene rings is 1. The summed E-state index contributed by atoms with van der Waals surface area (Å²) < 4.78 is 3.03. The van der Waals surface area contributed by atoms with E-state index in [9.17, 15) is 0 Å². The van der Waals surface area contributed by atoms with E-state index in [1.807, 2.05) is 4.68 Å². The summed E-state index contributed by atoms with van der Waals surface area (Å²) in [5.74, 6) is 1.91. The molecule has 1 saturated carbocycles. The molecule has 0 aliphatic heterocycles. The minimum atomic E-state index is 0.734. The first-order valence-electron chi connectivity index (χ1n) is 7.68. The highest BCUT2D eigenvalue weighted by Gasteiger charge is 2.20. The first-order chi connectivity index (χ1) is 10.2. The second-order valence-corrected chi connectivity index (χ2v) is 6.36. The van der Waals surface area contributed by atoms with Crippen molar-refractivity contribution in [1.82, 2.24) is 20.1 Å². The van der Waals surface area contributed by atoms with Gasteiger partial charge in [0.2, 0.25) is 0 Å². The molecule has 1 aliphatic carbocycles. The van der Waals surface area contributed by atoms with Crippen LogP contribution in [0.2, 0.25) is 0 Å². The molecule has 0 bridgehead atoms. The number of halogens is 1. The molecular weight excluding hydrogens is 328 g/mol. The fourth-order valence-corrected chi connectivity index (χ4v) is 2.94. The molecule has 112 valence electrons. The van der Waals surface area contributed by atoms with Crippen molar-refractivity contribution < 1.29 is 0 Å². The van der Waals surface area contributed by atoms with Gasteiger partial charge < -0.3 is 5.32 Å². The topological polar surface area (TPSA) is 42.7 Å². The van der Waals surface area contributed by atoms with Gasteiger partial charge in [-0.15, -0.1) is 0 Å². The van der Waals surface area contributed by atoms with Gasteiger partial charge in [0.1, 0.15) is 5.82 Å². The average molecular weight is 349 g/mol. The predicted molar refractivity (Wildman–Crippen MR) is 87.7 cm³/mol. The second-order valence-electron chi connectivity index (χ2n) is 5.50. The van der Waals surface area contributed by atoms with Crippen LogP contribution in [0, 0.1) is 0 Å². The summed E-state index contributed by atoms with van der Waals surface area (Å²) in [7, 11) is 0. The van der Waals surface area contributed by atoms with Gasteiger partial charge >= 0.3 is 0 Å². The summed E-state index contributed by atoms with van der Waals surface area (Å²) in [6, 6.07) is 7.21. The van der Waals surface area contributed by atoms with Crippen LogP contribution >= 0.6 is 15.9 Å². The molecule has 3 rings (SSSR count). The van der Waals surface area contributed by atoms with Crippen LogP contribution in [-0.2, 0) is 19.4 Å². The highest BCUT2D eigenvalue weighted by molar-refractivity contribution is 9.10. The largest absolute Gasteiger partial charge is 0.310 e. The molecule has 1 N–H and O–H groups in total. The maximum Gasteiger partial charge on any atom is 0.151 e. The van der Waals surface area contributed by atoms with Gasteiger partial charge in [0, 0.05) is 29.9 Å². The highest BCUT2D eigenvalue weighted by atomic mass is 79.9. The van der Waals surface area contributed by atoms with Crippen molar-refractivity contribution in [3.8, 4) is 5.69 Å². The molecule has 5 heteroatoms. The molecule has 1 aromatic carbocycles. The molecule has 1 fully saturated rings. The van der Waals surface area contributed by atoms with Crippen molar-refractivity contribution in [3.05, 3.63) is 39.9 Å². The van der Waals surface area contributed by atoms with E-state index in [0.29, 0.717) is 0 Å². The fraction of sp³-hybridized carbons (Fsp3) is 0.500. The Balaban J connectivity index is 1.85. The van der Waals surface area contributed by atoms with Gasteiger partial charge in [-0.1, -0.05) is 19.9 Å². The number of aryl methyl sites for hydroxylation is 2. The van der Waals surface area contributed by atoms with Crippen LogP contribution in [0.4, 0.5) is 0 Å². The molecule has 1 heterocycles. The molecule has 0 spiro atoms. The summed E-state index contributed by atoms with van der Waals surface area (Å²) in [6.45, 7) is 5.13. The molecule has 0 saturated heterocycles. The van der Waals surface area contributed by atoms with E-state index in [-0.39, 0.29) is 0 Å². The SMILES string of the molecule is CCc1nc(CC)n(-c2ccc(CNC3CC3)cc2Br)n1. The van der Waals surface area contributed by atoms with E-state index >= 15 is 0 Å². The fourth-order valence-electron chi connectivity index (χ4n) is 2.35. The quantitative estimate of drug-likeness (QED) is 0.869. The lowest BCUT2D eigenvalue weighted by Crippen LogP contribution is -2.15. The molecule has 0 unspecified atom stereocenters. The minimum Gasteiger partial charge on any atom is -0.310 e. The monoisotopic (exact) mass is 348 g/mol. The predicted octanol–water partition coefficient (Wildman–Crippen LogP) is 3.41. The zero-order valence-electron chi connectivity index (χ0n) is 12.6. The van der Waals surface area contributed by atoms with Crippen molar-refractivity contribution in [2.45, 2.75) is 52.1 Å². The Bertz CT molecular complexity index is 631. The molecule has 0 radical (unpaired) electrons. The summed E-state index contributed by atoms with van der Waals surface area (Å²) in [6.07, 6.45) is 4.38. The number of nitrogens with one attached hydrogen (secondary N) is 1. The molecule has 4 nitrogen and oxygen atoms in total. The third kappa shape index (κ3) is 3.35. The Kier molecular flexibility index (Phi) is 4.40. The van der Waals surface area contributed by atoms with Crippen LogP contribution < -0.4 is 5.32 Å². The maximum absolute atomic E-state index is 4.60. The van der Waals surface area contributed by atoms with E-state index in [0.717, 1.165) is 47.2 Å². The van der Waals surface area contributed by atoms with Crippen molar-refractivity contribution >= 4 is 15.9 Å². The zero-order chi connectivity index (χ0) is 14.8. The lowest BCUT2D eigenvalue weighted by molar-refractivity contribution is 0.687. The highest BCUT2D eigenvalue weighted by Crippen LogP contribution is 2.25. The number of hydrogen-bond acceptors (Lipinski definition) is 3. The van der Waals surface area contributed by atoms with Gasteiger partial charge in [-0.25, -0.2) is 9.67 Å². The summed E-state index contributed by atoms with van der Waals surface area (Å²) in [5.41, 5.74) is 2.36. The number of rotatable bonds is 6. The standard InChI is InChI=1S/C16H21BrN4/c1-3-15-19-16(4-2)21(20-15)14-8-5-11(9-13(14)17)10-18-12-6-7-12/h5,8-9,12,18H,3-4,6-7,10H2,1-2H3. The van der Waals surface area contributed by atoms with Crippen molar-refractivity contribution in [1.29, 1.82) is 0 Å². The van der Waals surface area contributed by atoms with E-state index in [4.69, 9.17) is 0 Å². The van der Waals surface area contributed by atoms with Crippen LogP contribution in [-0.4, -0.2) is 20.8 Å². The Morgan fingerprint density at radius 2 is 2.10 bits per heavy atom. The Morgan fingerprint density at radius 3 is 2.71 bits per heavy atom. The third-order valence-electron chi connectivity index (χ3n) is 3.76. The van der Waals surface area contributed by atoms with Gasteiger partial charge in [0.15, 0.2) is 5.82 Å². The lowest BCUT2D eigenvalue weighted by atomic mass is 10.2. The van der Waals surface area contributed by atoms with Crippen LogP contribution in [0.5, 0.6) is 0 Å². The molecule has 2 aromatic rings. The van der Waals surface area contributed by atoms with Crippen molar-refractivity contribution in [2.75, 3.05) is 0 Å². The zero-order valence-corrected chi connectivity index (χ0v) is 14.2. The minimum absolute atomic E-state index is 0.734. The van der Waals surface area contributed by atoms with Crippen LogP contribution in [0.15, 0.2) is 22.7 Å². The average Bonchev–Trinajstić information content (AvgIpc) is 3.23. The van der Waals surface area contributed by atoms with Crippen LogP contribution in [0.3, 0.4) is 0 Å². The Labute approximate surface area is 134 Å². The molecule has 0 amide bonds. The summed E-state index contributed by atoms with van der Waals surface area (Å²) >= 11 is 3.68. The van der Waals surface area contributed by atoms with E-state index in [1.165, 1.54) is 18.4 Å². The molecule has 1 aromatic heterocycles. The Hall–Kier alpha value is -1.20. The smallest absolute Gasteiger partial charge is 0.151 e. The van der Waals surface area contributed by atoms with Gasteiger partial charge in [-0.3, -0.25) is 0 Å². The van der Waals surface area contributed by atoms with Gasteiger partial charge in [-0.05, 0) is 46.5 Å². The molecule has 21 heavy (non-hydrogen) atoms.